The third-order valence-corrected chi connectivity index (χ3v) is 4.18. The minimum Gasteiger partial charge on any atom is -0.491 e. The molecule has 2 N–H and O–H groups in total. The van der Waals surface area contributed by atoms with Crippen LogP contribution in [0.1, 0.15) is 5.56 Å². The van der Waals surface area contributed by atoms with Crippen LogP contribution in [0.3, 0.4) is 0 Å². The lowest BCUT2D eigenvalue weighted by Crippen LogP contribution is -2.31. The molecule has 0 aliphatic heterocycles. The molecule has 1 aromatic carbocycles. The molecule has 4 nitrogen and oxygen atoms in total. The molecular formula is C17H17FN2O2S. The highest BCUT2D eigenvalue weighted by Crippen LogP contribution is 2.19. The summed E-state index contributed by atoms with van der Waals surface area (Å²) in [5.41, 5.74) is 2.08. The number of pyridine rings is 1. The highest BCUT2D eigenvalue weighted by Gasteiger charge is 2.06. The van der Waals surface area contributed by atoms with Gasteiger partial charge < -0.3 is 15.2 Å². The van der Waals surface area contributed by atoms with Crippen molar-refractivity contribution in [3.8, 4) is 5.75 Å². The number of ether oxygens (including phenoxy) is 1. The normalized spacial score (nSPS) is 12.4. The van der Waals surface area contributed by atoms with E-state index in [2.05, 4.69) is 16.4 Å². The molecule has 3 rings (SSSR count). The van der Waals surface area contributed by atoms with Crippen LogP contribution >= 0.6 is 11.3 Å². The van der Waals surface area contributed by atoms with Gasteiger partial charge in [-0.15, -0.1) is 11.3 Å². The molecule has 1 atom stereocenters. The third-order valence-electron chi connectivity index (χ3n) is 3.32. The summed E-state index contributed by atoms with van der Waals surface area (Å²) >= 11 is 1.66. The Morgan fingerprint density at radius 3 is 2.91 bits per heavy atom. The van der Waals surface area contributed by atoms with Gasteiger partial charge in [-0.3, -0.25) is 4.98 Å². The van der Waals surface area contributed by atoms with E-state index < -0.39 is 6.10 Å². The molecule has 3 aromatic rings. The smallest absolute Gasteiger partial charge is 0.123 e. The number of rotatable bonds is 7. The quantitative estimate of drug-likeness (QED) is 0.698. The second kappa shape index (κ2) is 7.50. The van der Waals surface area contributed by atoms with Crippen LogP contribution in [0, 0.1) is 5.82 Å². The molecule has 1 unspecified atom stereocenters. The van der Waals surface area contributed by atoms with E-state index >= 15 is 0 Å². The van der Waals surface area contributed by atoms with Crippen molar-refractivity contribution in [2.24, 2.45) is 0 Å². The first kappa shape index (κ1) is 15.9. The fourth-order valence-electron chi connectivity index (χ4n) is 2.15. The third kappa shape index (κ3) is 4.48. The Morgan fingerprint density at radius 2 is 2.09 bits per heavy atom. The molecule has 2 heterocycles. The van der Waals surface area contributed by atoms with Crippen LogP contribution < -0.4 is 10.1 Å². The first-order valence-corrected chi connectivity index (χ1v) is 8.18. The van der Waals surface area contributed by atoms with Crippen molar-refractivity contribution in [1.29, 1.82) is 0 Å². The predicted octanol–water partition coefficient (Wildman–Crippen LogP) is 2.96. The highest BCUT2D eigenvalue weighted by atomic mass is 32.1. The van der Waals surface area contributed by atoms with Crippen LogP contribution in [0.15, 0.2) is 48.0 Å². The topological polar surface area (TPSA) is 54.4 Å². The van der Waals surface area contributed by atoms with Gasteiger partial charge in [0.15, 0.2) is 0 Å². The summed E-state index contributed by atoms with van der Waals surface area (Å²) < 4.78 is 19.3. The molecule has 6 heteroatoms. The number of nitrogens with one attached hydrogen (secondary N) is 1. The maximum absolute atomic E-state index is 12.8. The number of nitrogens with zero attached hydrogens (tertiary/aromatic N) is 1. The van der Waals surface area contributed by atoms with Crippen molar-refractivity contribution in [3.63, 3.8) is 0 Å². The lowest BCUT2D eigenvalue weighted by Gasteiger charge is -2.13. The van der Waals surface area contributed by atoms with Gasteiger partial charge in [0.2, 0.25) is 0 Å². The molecule has 0 bridgehead atoms. The van der Waals surface area contributed by atoms with E-state index in [4.69, 9.17) is 4.74 Å². The Morgan fingerprint density at radius 1 is 1.26 bits per heavy atom. The molecule has 2 aromatic heterocycles. The summed E-state index contributed by atoms with van der Waals surface area (Å²) in [5, 5.41) is 15.1. The van der Waals surface area contributed by atoms with Crippen molar-refractivity contribution < 1.29 is 14.2 Å². The van der Waals surface area contributed by atoms with Crippen molar-refractivity contribution >= 4 is 21.6 Å². The molecule has 0 spiro atoms. The van der Waals surface area contributed by atoms with Gasteiger partial charge in [0.05, 0.1) is 10.2 Å². The molecule has 0 aliphatic rings. The first-order valence-electron chi connectivity index (χ1n) is 7.30. The largest absolute Gasteiger partial charge is 0.491 e. The van der Waals surface area contributed by atoms with Crippen molar-refractivity contribution in [1.82, 2.24) is 10.3 Å². The van der Waals surface area contributed by atoms with Gasteiger partial charge in [0.25, 0.3) is 0 Å². The van der Waals surface area contributed by atoms with Crippen LogP contribution in [0.5, 0.6) is 5.75 Å². The van der Waals surface area contributed by atoms with Crippen molar-refractivity contribution in [2.75, 3.05) is 13.2 Å². The van der Waals surface area contributed by atoms with Crippen molar-refractivity contribution in [3.05, 3.63) is 59.4 Å². The van der Waals surface area contributed by atoms with E-state index in [0.717, 1.165) is 15.8 Å². The Labute approximate surface area is 137 Å². The van der Waals surface area contributed by atoms with E-state index in [1.165, 1.54) is 24.3 Å². The average molecular weight is 332 g/mol. The fraction of sp³-hybridized carbons (Fsp3) is 0.235. The molecule has 0 fully saturated rings. The Hall–Kier alpha value is -2.02. The molecule has 0 amide bonds. The lowest BCUT2D eigenvalue weighted by molar-refractivity contribution is 0.106. The first-order chi connectivity index (χ1) is 11.2. The summed E-state index contributed by atoms with van der Waals surface area (Å²) in [5.74, 6) is 0.230. The molecule has 0 saturated heterocycles. The molecule has 23 heavy (non-hydrogen) atoms. The Bertz CT molecular complexity index is 761. The van der Waals surface area contributed by atoms with E-state index in [-0.39, 0.29) is 12.4 Å². The van der Waals surface area contributed by atoms with E-state index in [9.17, 15) is 9.50 Å². The van der Waals surface area contributed by atoms with Gasteiger partial charge >= 0.3 is 0 Å². The number of halogens is 1. The van der Waals surface area contributed by atoms with Gasteiger partial charge in [0, 0.05) is 19.3 Å². The summed E-state index contributed by atoms with van der Waals surface area (Å²) in [6.45, 7) is 1.19. The Kier molecular flexibility index (Phi) is 5.17. The second-order valence-electron chi connectivity index (χ2n) is 5.20. The minimum atomic E-state index is -0.640. The maximum Gasteiger partial charge on any atom is 0.123 e. The zero-order valence-corrected chi connectivity index (χ0v) is 13.2. The number of aromatic nitrogens is 1. The van der Waals surface area contributed by atoms with E-state index in [1.54, 1.807) is 11.3 Å². The van der Waals surface area contributed by atoms with Crippen LogP contribution in [0.4, 0.5) is 4.39 Å². The number of hydrogen-bond acceptors (Lipinski definition) is 5. The molecule has 0 radical (unpaired) electrons. The number of hydrogen-bond donors (Lipinski definition) is 2. The molecule has 120 valence electrons. The summed E-state index contributed by atoms with van der Waals surface area (Å²) in [4.78, 5) is 4.37. The second-order valence-corrected chi connectivity index (χ2v) is 6.14. The molecule has 0 aliphatic carbocycles. The molecule has 0 saturated carbocycles. The van der Waals surface area contributed by atoms with Gasteiger partial charge in [-0.2, -0.15) is 0 Å². The van der Waals surface area contributed by atoms with E-state index in [1.807, 2.05) is 17.6 Å². The zero-order chi connectivity index (χ0) is 16.1. The maximum atomic E-state index is 12.8. The SMILES string of the molecule is OC(CNCc1cnc2ccsc2c1)COc1ccc(F)cc1. The van der Waals surface area contributed by atoms with Crippen molar-refractivity contribution in [2.45, 2.75) is 12.6 Å². The minimum absolute atomic E-state index is 0.154. The van der Waals surface area contributed by atoms with Crippen LogP contribution in [0.25, 0.3) is 10.2 Å². The Balaban J connectivity index is 1.41. The summed E-state index contributed by atoms with van der Waals surface area (Å²) in [6.07, 6.45) is 1.20. The number of thiophene rings is 1. The lowest BCUT2D eigenvalue weighted by atomic mass is 10.2. The predicted molar refractivity (Wildman–Crippen MR) is 89.2 cm³/mol. The summed E-state index contributed by atoms with van der Waals surface area (Å²) in [6, 6.07) is 9.82. The average Bonchev–Trinajstić information content (AvgIpc) is 3.02. The van der Waals surface area contributed by atoms with Gasteiger partial charge in [-0.05, 0) is 47.3 Å². The van der Waals surface area contributed by atoms with Gasteiger partial charge in [-0.1, -0.05) is 0 Å². The highest BCUT2D eigenvalue weighted by molar-refractivity contribution is 7.17. The van der Waals surface area contributed by atoms with Gasteiger partial charge in [0.1, 0.15) is 24.3 Å². The molecular weight excluding hydrogens is 315 g/mol. The van der Waals surface area contributed by atoms with E-state index in [0.29, 0.717) is 18.8 Å². The number of aliphatic hydroxyl groups excluding tert-OH is 1. The zero-order valence-electron chi connectivity index (χ0n) is 12.4. The van der Waals surface area contributed by atoms with Gasteiger partial charge in [-0.25, -0.2) is 4.39 Å². The standard InChI is InChI=1S/C17H17FN2O2S/c18-13-1-3-15(4-2-13)22-11-14(21)10-19-8-12-7-17-16(20-9-12)5-6-23-17/h1-7,9,14,19,21H,8,10-11H2. The summed E-state index contributed by atoms with van der Waals surface area (Å²) in [7, 11) is 0. The van der Waals surface area contributed by atoms with Crippen LogP contribution in [-0.4, -0.2) is 29.3 Å². The monoisotopic (exact) mass is 332 g/mol. The number of benzene rings is 1. The fourth-order valence-corrected chi connectivity index (χ4v) is 2.95. The number of aliphatic hydroxyl groups is 1. The number of fused-ring (bicyclic) bond motifs is 1. The van der Waals surface area contributed by atoms with Crippen LogP contribution in [-0.2, 0) is 6.54 Å². The van der Waals surface area contributed by atoms with Crippen LogP contribution in [0.2, 0.25) is 0 Å².